The van der Waals surface area contributed by atoms with Crippen molar-refractivity contribution in [2.24, 2.45) is 5.73 Å². The molecular weight excluding hydrogens is 403 g/mol. The monoisotopic (exact) mass is 424 g/mol. The predicted octanol–water partition coefficient (Wildman–Crippen LogP) is 6.16. The lowest BCUT2D eigenvalue weighted by Crippen LogP contribution is -2.10. The third kappa shape index (κ3) is 3.99. The highest BCUT2D eigenvalue weighted by Crippen LogP contribution is 2.38. The lowest BCUT2D eigenvalue weighted by molar-refractivity contribution is 0.414. The number of nitrogens with one attached hydrogen (secondary N) is 1. The van der Waals surface area contributed by atoms with Gasteiger partial charge in [-0.15, -0.1) is 0 Å². The molecule has 0 saturated heterocycles. The average molecular weight is 425 g/mol. The van der Waals surface area contributed by atoms with E-state index in [9.17, 15) is 0 Å². The Labute approximate surface area is 180 Å². The number of aromatic amines is 1. The Hall–Kier alpha value is -2.46. The molecule has 3 aromatic carbocycles. The van der Waals surface area contributed by atoms with Crippen LogP contribution in [0.3, 0.4) is 0 Å². The van der Waals surface area contributed by atoms with Crippen LogP contribution in [0.5, 0.6) is 5.75 Å². The summed E-state index contributed by atoms with van der Waals surface area (Å²) < 4.78 is 5.34. The van der Waals surface area contributed by atoms with Crippen molar-refractivity contribution >= 4 is 34.1 Å². The normalized spacial score (nSPS) is 12.3. The minimum absolute atomic E-state index is 0.00546. The molecule has 0 amide bonds. The van der Waals surface area contributed by atoms with Crippen LogP contribution in [0.1, 0.15) is 28.3 Å². The SMILES string of the molecule is COc1ccc(C(c2ccc(Cl)cc2)c2[nH]c3ccc(Cl)cc3c2CCN)cc1. The first-order valence-electron chi connectivity index (χ1n) is 9.50. The van der Waals surface area contributed by atoms with E-state index in [1.54, 1.807) is 7.11 Å². The van der Waals surface area contributed by atoms with Gasteiger partial charge in [0.25, 0.3) is 0 Å². The molecular formula is C24H22Cl2N2O. The van der Waals surface area contributed by atoms with Crippen molar-refractivity contribution in [2.75, 3.05) is 13.7 Å². The quantitative estimate of drug-likeness (QED) is 0.389. The summed E-state index contributed by atoms with van der Waals surface area (Å²) in [6, 6.07) is 22.1. The number of hydrogen-bond acceptors (Lipinski definition) is 2. The van der Waals surface area contributed by atoms with E-state index in [0.717, 1.165) is 39.9 Å². The zero-order chi connectivity index (χ0) is 20.4. The Kier molecular flexibility index (Phi) is 5.81. The summed E-state index contributed by atoms with van der Waals surface area (Å²) in [5, 5.41) is 2.55. The van der Waals surface area contributed by atoms with Crippen molar-refractivity contribution in [2.45, 2.75) is 12.3 Å². The van der Waals surface area contributed by atoms with Gasteiger partial charge < -0.3 is 15.5 Å². The molecule has 0 aliphatic heterocycles. The Morgan fingerprint density at radius 2 is 1.52 bits per heavy atom. The maximum atomic E-state index is 6.29. The second kappa shape index (κ2) is 8.50. The molecule has 5 heteroatoms. The lowest BCUT2D eigenvalue weighted by Gasteiger charge is -2.20. The van der Waals surface area contributed by atoms with E-state index < -0.39 is 0 Å². The highest BCUT2D eigenvalue weighted by Gasteiger charge is 2.23. The first kappa shape index (κ1) is 19.8. The van der Waals surface area contributed by atoms with Gasteiger partial charge in [-0.25, -0.2) is 0 Å². The number of ether oxygens (including phenoxy) is 1. The molecule has 1 heterocycles. The number of rotatable bonds is 6. The molecule has 0 saturated carbocycles. The van der Waals surface area contributed by atoms with Crippen LogP contribution in [0.2, 0.25) is 10.0 Å². The Morgan fingerprint density at radius 1 is 0.897 bits per heavy atom. The third-order valence-electron chi connectivity index (χ3n) is 5.24. The predicted molar refractivity (Wildman–Crippen MR) is 121 cm³/mol. The first-order chi connectivity index (χ1) is 14.1. The number of nitrogens with two attached hydrogens (primary N) is 1. The van der Waals surface area contributed by atoms with Gasteiger partial charge in [0.2, 0.25) is 0 Å². The van der Waals surface area contributed by atoms with Crippen molar-refractivity contribution in [1.29, 1.82) is 0 Å². The van der Waals surface area contributed by atoms with Crippen molar-refractivity contribution in [3.05, 3.63) is 99.2 Å². The highest BCUT2D eigenvalue weighted by atomic mass is 35.5. The van der Waals surface area contributed by atoms with Gasteiger partial charge in [0.15, 0.2) is 0 Å². The molecule has 0 radical (unpaired) electrons. The fourth-order valence-corrected chi connectivity index (χ4v) is 4.18. The van der Waals surface area contributed by atoms with Crippen LogP contribution in [-0.2, 0) is 6.42 Å². The van der Waals surface area contributed by atoms with E-state index in [2.05, 4.69) is 29.2 Å². The molecule has 1 aromatic heterocycles. The fourth-order valence-electron chi connectivity index (χ4n) is 3.88. The molecule has 3 N–H and O–H groups in total. The highest BCUT2D eigenvalue weighted by molar-refractivity contribution is 6.31. The Bertz CT molecular complexity index is 1120. The molecule has 148 valence electrons. The van der Waals surface area contributed by atoms with Crippen molar-refractivity contribution in [3.63, 3.8) is 0 Å². The van der Waals surface area contributed by atoms with Crippen molar-refractivity contribution < 1.29 is 4.74 Å². The number of H-pyrrole nitrogens is 1. The smallest absolute Gasteiger partial charge is 0.118 e. The van der Waals surface area contributed by atoms with Gasteiger partial charge in [0.1, 0.15) is 5.75 Å². The molecule has 0 bridgehead atoms. The number of halogens is 2. The molecule has 1 unspecified atom stereocenters. The molecule has 4 rings (SSSR count). The van der Waals surface area contributed by atoms with Crippen LogP contribution < -0.4 is 10.5 Å². The van der Waals surface area contributed by atoms with Gasteiger partial charge in [-0.05, 0) is 72.1 Å². The molecule has 4 aromatic rings. The molecule has 1 atom stereocenters. The van der Waals surface area contributed by atoms with Crippen LogP contribution in [0.4, 0.5) is 0 Å². The van der Waals surface area contributed by atoms with Gasteiger partial charge in [-0.2, -0.15) is 0 Å². The van der Waals surface area contributed by atoms with E-state index in [1.165, 1.54) is 5.56 Å². The lowest BCUT2D eigenvalue weighted by atomic mass is 9.86. The minimum Gasteiger partial charge on any atom is -0.497 e. The molecule has 3 nitrogen and oxygen atoms in total. The molecule has 0 fully saturated rings. The summed E-state index contributed by atoms with van der Waals surface area (Å²) in [7, 11) is 1.67. The first-order valence-corrected chi connectivity index (χ1v) is 10.3. The number of benzene rings is 3. The van der Waals surface area contributed by atoms with Gasteiger partial charge in [0.05, 0.1) is 7.11 Å². The third-order valence-corrected chi connectivity index (χ3v) is 5.72. The topological polar surface area (TPSA) is 51.0 Å². The van der Waals surface area contributed by atoms with E-state index in [-0.39, 0.29) is 5.92 Å². The van der Waals surface area contributed by atoms with Gasteiger partial charge in [-0.3, -0.25) is 0 Å². The maximum Gasteiger partial charge on any atom is 0.118 e. The average Bonchev–Trinajstić information content (AvgIpc) is 3.08. The number of methoxy groups -OCH3 is 1. The summed E-state index contributed by atoms with van der Waals surface area (Å²) in [5.74, 6) is 0.833. The maximum absolute atomic E-state index is 6.29. The summed E-state index contributed by atoms with van der Waals surface area (Å²) in [6.07, 6.45) is 0.760. The zero-order valence-electron chi connectivity index (χ0n) is 16.1. The fraction of sp³-hybridized carbons (Fsp3) is 0.167. The van der Waals surface area contributed by atoms with Crippen LogP contribution >= 0.6 is 23.2 Å². The zero-order valence-corrected chi connectivity index (χ0v) is 17.6. The van der Waals surface area contributed by atoms with E-state index in [0.29, 0.717) is 16.6 Å². The number of fused-ring (bicyclic) bond motifs is 1. The van der Waals surface area contributed by atoms with Gasteiger partial charge in [0, 0.05) is 32.6 Å². The largest absolute Gasteiger partial charge is 0.497 e. The van der Waals surface area contributed by atoms with Gasteiger partial charge >= 0.3 is 0 Å². The Balaban J connectivity index is 1.95. The van der Waals surface area contributed by atoms with Crippen LogP contribution in [0.15, 0.2) is 66.7 Å². The van der Waals surface area contributed by atoms with Crippen LogP contribution in [-0.4, -0.2) is 18.6 Å². The summed E-state index contributed by atoms with van der Waals surface area (Å²) in [6.45, 7) is 0.558. The summed E-state index contributed by atoms with van der Waals surface area (Å²) in [5.41, 5.74) is 11.7. The second-order valence-electron chi connectivity index (χ2n) is 7.00. The molecule has 29 heavy (non-hydrogen) atoms. The summed E-state index contributed by atoms with van der Waals surface area (Å²) >= 11 is 12.4. The number of hydrogen-bond donors (Lipinski definition) is 2. The molecule has 0 aliphatic carbocycles. The van der Waals surface area contributed by atoms with Crippen molar-refractivity contribution in [1.82, 2.24) is 4.98 Å². The van der Waals surface area contributed by atoms with E-state index in [1.807, 2.05) is 42.5 Å². The minimum atomic E-state index is 0.00546. The Morgan fingerprint density at radius 3 is 2.14 bits per heavy atom. The number of aromatic nitrogens is 1. The van der Waals surface area contributed by atoms with E-state index >= 15 is 0 Å². The summed E-state index contributed by atoms with van der Waals surface area (Å²) in [4.78, 5) is 3.64. The van der Waals surface area contributed by atoms with Gasteiger partial charge in [-0.1, -0.05) is 47.5 Å². The van der Waals surface area contributed by atoms with Crippen LogP contribution in [0.25, 0.3) is 10.9 Å². The van der Waals surface area contributed by atoms with E-state index in [4.69, 9.17) is 33.7 Å². The second-order valence-corrected chi connectivity index (χ2v) is 7.88. The van der Waals surface area contributed by atoms with Crippen LogP contribution in [0, 0.1) is 0 Å². The standard InChI is InChI=1S/C24H22Cl2N2O/c1-29-19-9-4-16(5-10-19)23(15-2-6-17(25)7-3-15)24-20(12-13-27)21-14-18(26)8-11-22(21)28-24/h2-11,14,23,28H,12-13,27H2,1H3. The van der Waals surface area contributed by atoms with Crippen molar-refractivity contribution in [3.8, 4) is 5.75 Å². The molecule has 0 spiro atoms. The molecule has 0 aliphatic rings.